The lowest BCUT2D eigenvalue weighted by atomic mass is 9.98. The third kappa shape index (κ3) is 2.84. The van der Waals surface area contributed by atoms with Crippen molar-refractivity contribution in [3.05, 3.63) is 28.3 Å². The summed E-state index contributed by atoms with van der Waals surface area (Å²) in [5, 5.41) is 17.9. The van der Waals surface area contributed by atoms with Gasteiger partial charge in [0.1, 0.15) is 30.6 Å². The van der Waals surface area contributed by atoms with Crippen molar-refractivity contribution in [3.63, 3.8) is 0 Å². The lowest BCUT2D eigenvalue weighted by Gasteiger charge is -2.13. The SMILES string of the molecule is COc1c(C)cc(C(=O)OCC(O)CO)c2c1C(=O)OC2. The van der Waals surface area contributed by atoms with Gasteiger partial charge in [0.2, 0.25) is 0 Å². The number of esters is 2. The summed E-state index contributed by atoms with van der Waals surface area (Å²) in [6.07, 6.45) is -1.14. The lowest BCUT2D eigenvalue weighted by Crippen LogP contribution is -2.22. The third-order valence-corrected chi connectivity index (χ3v) is 3.17. The molecule has 0 saturated carbocycles. The van der Waals surface area contributed by atoms with E-state index in [4.69, 9.17) is 19.3 Å². The minimum atomic E-state index is -1.14. The molecule has 7 nitrogen and oxygen atoms in total. The van der Waals surface area contributed by atoms with Crippen LogP contribution < -0.4 is 4.74 Å². The maximum absolute atomic E-state index is 12.1. The lowest BCUT2D eigenvalue weighted by molar-refractivity contribution is 0.00911. The van der Waals surface area contributed by atoms with Crippen molar-refractivity contribution in [3.8, 4) is 5.75 Å². The van der Waals surface area contributed by atoms with Crippen LogP contribution in [-0.4, -0.2) is 48.6 Å². The van der Waals surface area contributed by atoms with Crippen LogP contribution in [0.1, 0.15) is 31.8 Å². The van der Waals surface area contributed by atoms with Crippen molar-refractivity contribution in [2.45, 2.75) is 19.6 Å². The third-order valence-electron chi connectivity index (χ3n) is 3.17. The summed E-state index contributed by atoms with van der Waals surface area (Å²) in [6.45, 7) is 0.834. The molecular formula is C14H16O7. The Labute approximate surface area is 121 Å². The number of methoxy groups -OCH3 is 1. The Morgan fingerprint density at radius 2 is 2.24 bits per heavy atom. The molecule has 1 aromatic rings. The van der Waals surface area contributed by atoms with Crippen LogP contribution in [0.4, 0.5) is 0 Å². The summed E-state index contributed by atoms with van der Waals surface area (Å²) < 4.78 is 15.0. The molecule has 1 atom stereocenters. The molecule has 0 aromatic heterocycles. The normalized spacial score (nSPS) is 14.4. The Bertz CT molecular complexity index is 579. The number of ether oxygens (including phenoxy) is 3. The highest BCUT2D eigenvalue weighted by atomic mass is 16.5. The first-order valence-electron chi connectivity index (χ1n) is 6.33. The largest absolute Gasteiger partial charge is 0.496 e. The van der Waals surface area contributed by atoms with E-state index in [1.807, 2.05) is 0 Å². The van der Waals surface area contributed by atoms with Crippen molar-refractivity contribution in [1.29, 1.82) is 0 Å². The quantitative estimate of drug-likeness (QED) is 0.747. The molecule has 1 heterocycles. The van der Waals surface area contributed by atoms with Crippen LogP contribution in [-0.2, 0) is 16.1 Å². The van der Waals surface area contributed by atoms with Gasteiger partial charge in [-0.3, -0.25) is 0 Å². The molecule has 0 saturated heterocycles. The molecule has 0 spiro atoms. The van der Waals surface area contributed by atoms with Crippen LogP contribution in [0.15, 0.2) is 6.07 Å². The number of rotatable bonds is 5. The van der Waals surface area contributed by atoms with Crippen LogP contribution in [0, 0.1) is 6.92 Å². The van der Waals surface area contributed by atoms with E-state index in [-0.39, 0.29) is 24.3 Å². The van der Waals surface area contributed by atoms with Crippen molar-refractivity contribution in [2.75, 3.05) is 20.3 Å². The van der Waals surface area contributed by atoms with E-state index in [2.05, 4.69) is 0 Å². The Morgan fingerprint density at radius 3 is 2.86 bits per heavy atom. The Hall–Kier alpha value is -2.12. The second-order valence-corrected chi connectivity index (χ2v) is 4.64. The highest BCUT2D eigenvalue weighted by molar-refractivity contribution is 6.02. The number of aryl methyl sites for hydroxylation is 1. The zero-order valence-corrected chi connectivity index (χ0v) is 11.7. The predicted molar refractivity (Wildman–Crippen MR) is 70.2 cm³/mol. The molecule has 21 heavy (non-hydrogen) atoms. The van der Waals surface area contributed by atoms with E-state index in [1.54, 1.807) is 13.0 Å². The molecule has 2 N–H and O–H groups in total. The fraction of sp³-hybridized carbons (Fsp3) is 0.429. The summed E-state index contributed by atoms with van der Waals surface area (Å²) in [4.78, 5) is 23.8. The summed E-state index contributed by atoms with van der Waals surface area (Å²) in [5.41, 5.74) is 1.43. The van der Waals surface area contributed by atoms with Crippen LogP contribution >= 0.6 is 0 Å². The second-order valence-electron chi connectivity index (χ2n) is 4.64. The first-order valence-corrected chi connectivity index (χ1v) is 6.33. The number of benzene rings is 1. The zero-order valence-electron chi connectivity index (χ0n) is 11.7. The van der Waals surface area contributed by atoms with Crippen molar-refractivity contribution in [2.24, 2.45) is 0 Å². The van der Waals surface area contributed by atoms with Crippen molar-refractivity contribution < 1.29 is 34.0 Å². The first-order chi connectivity index (χ1) is 9.99. The van der Waals surface area contributed by atoms with Gasteiger partial charge in [-0.1, -0.05) is 0 Å². The van der Waals surface area contributed by atoms with Crippen LogP contribution in [0.5, 0.6) is 5.75 Å². The number of aliphatic hydroxyl groups excluding tert-OH is 2. The van der Waals surface area contributed by atoms with Gasteiger partial charge in [0, 0.05) is 5.56 Å². The van der Waals surface area contributed by atoms with Gasteiger partial charge in [-0.05, 0) is 18.6 Å². The van der Waals surface area contributed by atoms with Gasteiger partial charge in [-0.25, -0.2) is 9.59 Å². The van der Waals surface area contributed by atoms with Gasteiger partial charge in [-0.2, -0.15) is 0 Å². The Balaban J connectivity index is 2.35. The molecule has 0 bridgehead atoms. The summed E-state index contributed by atoms with van der Waals surface area (Å²) >= 11 is 0. The average molecular weight is 296 g/mol. The molecule has 0 amide bonds. The van der Waals surface area contributed by atoms with Crippen molar-refractivity contribution in [1.82, 2.24) is 0 Å². The number of cyclic esters (lactones) is 1. The maximum Gasteiger partial charge on any atom is 0.342 e. The average Bonchev–Trinajstić information content (AvgIpc) is 2.85. The summed E-state index contributed by atoms with van der Waals surface area (Å²) in [7, 11) is 1.43. The highest BCUT2D eigenvalue weighted by Gasteiger charge is 2.32. The Morgan fingerprint density at radius 1 is 1.52 bits per heavy atom. The number of carbonyl (C=O) groups excluding carboxylic acids is 2. The standard InChI is InChI=1S/C14H16O7/c1-7-3-9(13(17)20-5-8(16)4-15)10-6-21-14(18)11(10)12(7)19-2/h3,8,15-16H,4-6H2,1-2H3. The highest BCUT2D eigenvalue weighted by Crippen LogP contribution is 2.35. The second kappa shape index (κ2) is 6.11. The number of hydrogen-bond donors (Lipinski definition) is 2. The smallest absolute Gasteiger partial charge is 0.342 e. The predicted octanol–water partition coefficient (Wildman–Crippen LogP) is 0.184. The molecular weight excluding hydrogens is 280 g/mol. The molecule has 114 valence electrons. The van der Waals surface area contributed by atoms with E-state index in [0.717, 1.165) is 0 Å². The number of hydrogen-bond acceptors (Lipinski definition) is 7. The molecule has 0 radical (unpaired) electrons. The fourth-order valence-corrected chi connectivity index (χ4v) is 2.16. The molecule has 7 heteroatoms. The summed E-state index contributed by atoms with van der Waals surface area (Å²) in [6, 6.07) is 1.55. The molecule has 1 aliphatic heterocycles. The van der Waals surface area contributed by atoms with E-state index in [1.165, 1.54) is 7.11 Å². The number of fused-ring (bicyclic) bond motifs is 1. The first kappa shape index (κ1) is 15.3. The monoisotopic (exact) mass is 296 g/mol. The minimum Gasteiger partial charge on any atom is -0.496 e. The van der Waals surface area contributed by atoms with Crippen molar-refractivity contribution >= 4 is 11.9 Å². The van der Waals surface area contributed by atoms with Gasteiger partial charge >= 0.3 is 11.9 Å². The molecule has 0 aliphatic carbocycles. The molecule has 0 fully saturated rings. The molecule has 1 aliphatic rings. The van der Waals surface area contributed by atoms with Crippen LogP contribution in [0.2, 0.25) is 0 Å². The number of aliphatic hydroxyl groups is 2. The van der Waals surface area contributed by atoms with Gasteiger partial charge in [0.25, 0.3) is 0 Å². The van der Waals surface area contributed by atoms with Gasteiger partial charge in [0.15, 0.2) is 0 Å². The fourth-order valence-electron chi connectivity index (χ4n) is 2.16. The minimum absolute atomic E-state index is 0.0300. The van der Waals surface area contributed by atoms with E-state index >= 15 is 0 Å². The summed E-state index contributed by atoms with van der Waals surface area (Å²) in [5.74, 6) is -0.864. The van der Waals surface area contributed by atoms with E-state index in [0.29, 0.717) is 16.9 Å². The van der Waals surface area contributed by atoms with Crippen LogP contribution in [0.3, 0.4) is 0 Å². The maximum atomic E-state index is 12.1. The van der Waals surface area contributed by atoms with Gasteiger partial charge in [-0.15, -0.1) is 0 Å². The van der Waals surface area contributed by atoms with Crippen LogP contribution in [0.25, 0.3) is 0 Å². The Kier molecular flexibility index (Phi) is 4.44. The zero-order chi connectivity index (χ0) is 15.6. The number of carbonyl (C=O) groups is 2. The van der Waals surface area contributed by atoms with Gasteiger partial charge in [0.05, 0.1) is 19.3 Å². The molecule has 1 unspecified atom stereocenters. The van der Waals surface area contributed by atoms with Gasteiger partial charge < -0.3 is 24.4 Å². The molecule has 2 rings (SSSR count). The van der Waals surface area contributed by atoms with E-state index < -0.39 is 24.6 Å². The molecule has 1 aromatic carbocycles. The van der Waals surface area contributed by atoms with E-state index in [9.17, 15) is 14.7 Å². The topological polar surface area (TPSA) is 102 Å².